The van der Waals surface area contributed by atoms with Gasteiger partial charge in [0.25, 0.3) is 0 Å². The van der Waals surface area contributed by atoms with E-state index in [4.69, 9.17) is 16.3 Å². The maximum absolute atomic E-state index is 12.6. The van der Waals surface area contributed by atoms with Crippen LogP contribution in [0.1, 0.15) is 48.9 Å². The number of carbonyl (C=O) groups is 1. The van der Waals surface area contributed by atoms with Gasteiger partial charge in [-0.15, -0.1) is 0 Å². The second-order valence-corrected chi connectivity index (χ2v) is 9.89. The number of sulfonamides is 1. The molecule has 1 N–H and O–H groups in total. The summed E-state index contributed by atoms with van der Waals surface area (Å²) in [6.07, 6.45) is 2.52. The fourth-order valence-corrected chi connectivity index (χ4v) is 4.71. The Balaban J connectivity index is 2.03. The lowest BCUT2D eigenvalue weighted by Gasteiger charge is -2.25. The number of methoxy groups -OCH3 is 1. The lowest BCUT2D eigenvalue weighted by atomic mass is 10.0. The Morgan fingerprint density at radius 3 is 2.52 bits per heavy atom. The number of hydrogen-bond donors (Lipinski definition) is 1. The standard InChI is InChI=1S/C23H31ClN2O4S/c1-6-20(18-12-13-22(30-4)16(2)15-18)25-23(27)11-8-14-26(31(5,28)29)21-10-7-9-19(24)17(21)3/h7,9-10,12-13,15,20H,6,8,11,14H2,1-5H3,(H,25,27)/t20-/m1/s1. The number of ether oxygens (including phenoxy) is 1. The summed E-state index contributed by atoms with van der Waals surface area (Å²) in [5.74, 6) is 0.693. The van der Waals surface area contributed by atoms with Gasteiger partial charge < -0.3 is 10.1 Å². The number of carbonyl (C=O) groups excluding carboxylic acids is 1. The molecule has 2 aromatic carbocycles. The Labute approximate surface area is 190 Å². The molecule has 8 heteroatoms. The molecule has 2 aromatic rings. The summed E-state index contributed by atoms with van der Waals surface area (Å²) in [5.41, 5.74) is 3.25. The highest BCUT2D eigenvalue weighted by atomic mass is 35.5. The third kappa shape index (κ3) is 6.61. The van der Waals surface area contributed by atoms with Crippen molar-refractivity contribution in [1.29, 1.82) is 0 Å². The molecule has 0 spiro atoms. The number of nitrogens with one attached hydrogen (secondary N) is 1. The van der Waals surface area contributed by atoms with Crippen LogP contribution in [-0.4, -0.2) is 34.2 Å². The van der Waals surface area contributed by atoms with Gasteiger partial charge in [-0.25, -0.2) is 8.42 Å². The van der Waals surface area contributed by atoms with Gasteiger partial charge in [0.2, 0.25) is 15.9 Å². The van der Waals surface area contributed by atoms with E-state index < -0.39 is 10.0 Å². The number of anilines is 1. The van der Waals surface area contributed by atoms with Crippen molar-refractivity contribution in [3.05, 3.63) is 58.1 Å². The molecule has 0 aliphatic rings. The van der Waals surface area contributed by atoms with E-state index in [1.807, 2.05) is 32.0 Å². The minimum absolute atomic E-state index is 0.113. The Kier molecular flexibility index (Phi) is 8.77. The molecule has 0 saturated heterocycles. The number of amides is 1. The smallest absolute Gasteiger partial charge is 0.232 e. The highest BCUT2D eigenvalue weighted by Crippen LogP contribution is 2.28. The molecule has 0 fully saturated rings. The largest absolute Gasteiger partial charge is 0.496 e. The van der Waals surface area contributed by atoms with Gasteiger partial charge in [0.05, 0.1) is 25.1 Å². The van der Waals surface area contributed by atoms with Crippen molar-refractivity contribution in [3.63, 3.8) is 0 Å². The summed E-state index contributed by atoms with van der Waals surface area (Å²) < 4.78 is 31.3. The van der Waals surface area contributed by atoms with Crippen LogP contribution in [0.2, 0.25) is 5.02 Å². The molecule has 0 unspecified atom stereocenters. The molecule has 1 amide bonds. The van der Waals surface area contributed by atoms with Crippen LogP contribution in [0, 0.1) is 13.8 Å². The molecule has 0 saturated carbocycles. The zero-order valence-electron chi connectivity index (χ0n) is 18.7. The van der Waals surface area contributed by atoms with Crippen molar-refractivity contribution in [2.75, 3.05) is 24.2 Å². The van der Waals surface area contributed by atoms with Crippen LogP contribution in [0.3, 0.4) is 0 Å². The van der Waals surface area contributed by atoms with Crippen molar-refractivity contribution in [3.8, 4) is 5.75 Å². The zero-order chi connectivity index (χ0) is 23.2. The number of hydrogen-bond acceptors (Lipinski definition) is 4. The number of rotatable bonds is 10. The van der Waals surface area contributed by atoms with Crippen molar-refractivity contribution >= 4 is 33.2 Å². The highest BCUT2D eigenvalue weighted by Gasteiger charge is 2.21. The molecule has 6 nitrogen and oxygen atoms in total. The molecule has 0 heterocycles. The van der Waals surface area contributed by atoms with Crippen molar-refractivity contribution in [1.82, 2.24) is 5.32 Å². The van der Waals surface area contributed by atoms with Crippen molar-refractivity contribution in [2.24, 2.45) is 0 Å². The summed E-state index contributed by atoms with van der Waals surface area (Å²) in [5, 5.41) is 3.56. The van der Waals surface area contributed by atoms with Gasteiger partial charge in [-0.3, -0.25) is 9.10 Å². The molecular formula is C23H31ClN2O4S. The summed E-state index contributed by atoms with van der Waals surface area (Å²) in [6, 6.07) is 10.9. The molecule has 0 aliphatic carbocycles. The van der Waals surface area contributed by atoms with Gasteiger partial charge in [-0.05, 0) is 61.6 Å². The molecule has 2 rings (SSSR count). The first-order valence-corrected chi connectivity index (χ1v) is 12.5. The second kappa shape index (κ2) is 10.9. The Hall–Kier alpha value is -2.25. The number of nitrogens with zero attached hydrogens (tertiary/aromatic N) is 1. The quantitative estimate of drug-likeness (QED) is 0.546. The fourth-order valence-electron chi connectivity index (χ4n) is 3.52. The molecule has 0 radical (unpaired) electrons. The first kappa shape index (κ1) is 25.0. The predicted octanol–water partition coefficient (Wildman–Crippen LogP) is 4.78. The van der Waals surface area contributed by atoms with Crippen LogP contribution in [0.5, 0.6) is 5.75 Å². The van der Waals surface area contributed by atoms with Gasteiger partial charge in [0.1, 0.15) is 5.75 Å². The lowest BCUT2D eigenvalue weighted by Crippen LogP contribution is -2.33. The SMILES string of the molecule is CC[C@@H](NC(=O)CCCN(c1cccc(Cl)c1C)S(C)(=O)=O)c1ccc(OC)c(C)c1. The van der Waals surface area contributed by atoms with E-state index in [0.29, 0.717) is 22.7 Å². The van der Waals surface area contributed by atoms with Gasteiger partial charge in [-0.1, -0.05) is 36.7 Å². The van der Waals surface area contributed by atoms with Crippen LogP contribution in [0.15, 0.2) is 36.4 Å². The number of benzene rings is 2. The van der Waals surface area contributed by atoms with Gasteiger partial charge in [-0.2, -0.15) is 0 Å². The molecule has 0 aliphatic heterocycles. The summed E-state index contributed by atoms with van der Waals surface area (Å²) in [6.45, 7) is 5.96. The van der Waals surface area contributed by atoms with E-state index >= 15 is 0 Å². The predicted molar refractivity (Wildman–Crippen MR) is 127 cm³/mol. The van der Waals surface area contributed by atoms with E-state index in [1.54, 1.807) is 32.2 Å². The maximum Gasteiger partial charge on any atom is 0.232 e. The summed E-state index contributed by atoms with van der Waals surface area (Å²) >= 11 is 6.16. The van der Waals surface area contributed by atoms with Crippen LogP contribution in [0.25, 0.3) is 0 Å². The Morgan fingerprint density at radius 1 is 1.23 bits per heavy atom. The van der Waals surface area contributed by atoms with Gasteiger partial charge >= 0.3 is 0 Å². The molecule has 0 aromatic heterocycles. The molecule has 1 atom stereocenters. The second-order valence-electron chi connectivity index (χ2n) is 7.58. The monoisotopic (exact) mass is 466 g/mol. The van der Waals surface area contributed by atoms with Crippen LogP contribution >= 0.6 is 11.6 Å². The lowest BCUT2D eigenvalue weighted by molar-refractivity contribution is -0.121. The normalized spacial score (nSPS) is 12.3. The highest BCUT2D eigenvalue weighted by molar-refractivity contribution is 7.92. The van der Waals surface area contributed by atoms with Crippen LogP contribution in [0.4, 0.5) is 5.69 Å². The maximum atomic E-state index is 12.6. The molecular weight excluding hydrogens is 436 g/mol. The average Bonchev–Trinajstić information content (AvgIpc) is 2.71. The summed E-state index contributed by atoms with van der Waals surface area (Å²) in [7, 11) is -1.88. The van der Waals surface area contributed by atoms with E-state index in [1.165, 1.54) is 4.31 Å². The zero-order valence-corrected chi connectivity index (χ0v) is 20.3. The van der Waals surface area contributed by atoms with Crippen LogP contribution in [-0.2, 0) is 14.8 Å². The topological polar surface area (TPSA) is 75.7 Å². The first-order chi connectivity index (χ1) is 14.6. The fraction of sp³-hybridized carbons (Fsp3) is 0.435. The average molecular weight is 467 g/mol. The van der Waals surface area contributed by atoms with E-state index in [2.05, 4.69) is 5.32 Å². The minimum atomic E-state index is -3.51. The van der Waals surface area contributed by atoms with Crippen molar-refractivity contribution < 1.29 is 17.9 Å². The van der Waals surface area contributed by atoms with Crippen molar-refractivity contribution in [2.45, 2.75) is 46.1 Å². The Morgan fingerprint density at radius 2 is 1.94 bits per heavy atom. The summed E-state index contributed by atoms with van der Waals surface area (Å²) in [4.78, 5) is 12.6. The van der Waals surface area contributed by atoms with E-state index in [-0.39, 0.29) is 24.9 Å². The van der Waals surface area contributed by atoms with Gasteiger partial charge in [0.15, 0.2) is 0 Å². The third-order valence-corrected chi connectivity index (χ3v) is 6.83. The minimum Gasteiger partial charge on any atom is -0.496 e. The number of aryl methyl sites for hydroxylation is 1. The number of halogens is 1. The third-order valence-electron chi connectivity index (χ3n) is 5.24. The molecule has 31 heavy (non-hydrogen) atoms. The molecule has 170 valence electrons. The van der Waals surface area contributed by atoms with Gasteiger partial charge in [0, 0.05) is 18.0 Å². The van der Waals surface area contributed by atoms with E-state index in [9.17, 15) is 13.2 Å². The Bertz CT molecular complexity index is 1020. The molecule has 0 bridgehead atoms. The van der Waals surface area contributed by atoms with E-state index in [0.717, 1.165) is 29.6 Å². The van der Waals surface area contributed by atoms with Crippen LogP contribution < -0.4 is 14.4 Å². The first-order valence-electron chi connectivity index (χ1n) is 10.2.